The lowest BCUT2D eigenvalue weighted by Gasteiger charge is -2.30. The lowest BCUT2D eigenvalue weighted by atomic mass is 9.94. The highest BCUT2D eigenvalue weighted by Gasteiger charge is 2.28. The molecule has 0 aliphatic heterocycles. The van der Waals surface area contributed by atoms with E-state index in [2.05, 4.69) is 12.2 Å². The van der Waals surface area contributed by atoms with E-state index in [-0.39, 0.29) is 17.9 Å². The van der Waals surface area contributed by atoms with Gasteiger partial charge in [-0.05, 0) is 26.0 Å². The van der Waals surface area contributed by atoms with Gasteiger partial charge >= 0.3 is 0 Å². The minimum absolute atomic E-state index is 0.188. The van der Waals surface area contributed by atoms with Gasteiger partial charge in [0.15, 0.2) is 0 Å². The Morgan fingerprint density at radius 1 is 1.24 bits per heavy atom. The Labute approximate surface area is 109 Å². The summed E-state index contributed by atoms with van der Waals surface area (Å²) in [6.45, 7) is 2.93. The first-order chi connectivity index (χ1) is 8.11. The van der Waals surface area contributed by atoms with Crippen molar-refractivity contribution in [2.75, 3.05) is 19.4 Å². The highest BCUT2D eigenvalue weighted by atomic mass is 32.2. The Bertz CT molecular complexity index is 202. The predicted molar refractivity (Wildman–Crippen MR) is 74.5 cm³/mol. The van der Waals surface area contributed by atoms with E-state index in [9.17, 15) is 10.2 Å². The molecule has 2 unspecified atom stereocenters. The molecular weight excluding hydrogens is 234 g/mol. The van der Waals surface area contributed by atoms with Gasteiger partial charge in [0.1, 0.15) is 0 Å². The van der Waals surface area contributed by atoms with E-state index in [0.717, 1.165) is 25.7 Å². The summed E-state index contributed by atoms with van der Waals surface area (Å²) < 4.78 is 0. The van der Waals surface area contributed by atoms with Crippen LogP contribution in [-0.4, -0.2) is 46.5 Å². The second kappa shape index (κ2) is 7.62. The molecule has 2 atom stereocenters. The highest BCUT2D eigenvalue weighted by Crippen LogP contribution is 2.26. The maximum Gasteiger partial charge on any atom is 0.0771 e. The predicted octanol–water partition coefficient (Wildman–Crippen LogP) is 1.77. The molecule has 0 spiro atoms. The molecule has 0 amide bonds. The fraction of sp³-hybridized carbons (Fsp3) is 1.00. The number of aliphatic hydroxyl groups is 2. The van der Waals surface area contributed by atoms with E-state index in [4.69, 9.17) is 0 Å². The Morgan fingerprint density at radius 3 is 2.29 bits per heavy atom. The van der Waals surface area contributed by atoms with Crippen molar-refractivity contribution in [2.24, 2.45) is 0 Å². The van der Waals surface area contributed by atoms with Crippen LogP contribution >= 0.6 is 11.8 Å². The molecule has 0 aromatic rings. The van der Waals surface area contributed by atoms with Crippen LogP contribution in [0.5, 0.6) is 0 Å². The first-order valence-corrected chi connectivity index (χ1v) is 7.99. The molecule has 17 heavy (non-hydrogen) atoms. The molecule has 1 saturated carbocycles. The largest absolute Gasteiger partial charge is 0.395 e. The summed E-state index contributed by atoms with van der Waals surface area (Å²) >= 11 is 1.67. The van der Waals surface area contributed by atoms with Gasteiger partial charge < -0.3 is 15.5 Å². The standard InChI is InChI=1S/C13H27NO2S/c1-11(12(9-15)17-2)14-10-13(16)7-5-3-4-6-8-13/h11-12,14-16H,3-10H2,1-2H3. The van der Waals surface area contributed by atoms with Gasteiger partial charge in [-0.1, -0.05) is 25.7 Å². The van der Waals surface area contributed by atoms with E-state index in [1.165, 1.54) is 12.8 Å². The average Bonchev–Trinajstić information content (AvgIpc) is 2.54. The summed E-state index contributed by atoms with van der Waals surface area (Å²) in [7, 11) is 0. The van der Waals surface area contributed by atoms with Crippen LogP contribution < -0.4 is 5.32 Å². The van der Waals surface area contributed by atoms with Crippen molar-refractivity contribution < 1.29 is 10.2 Å². The third-order valence-corrected chi connectivity index (χ3v) is 4.99. The maximum atomic E-state index is 10.5. The summed E-state index contributed by atoms with van der Waals surface area (Å²) in [5.74, 6) is 0. The molecule has 102 valence electrons. The minimum Gasteiger partial charge on any atom is -0.395 e. The Hall–Kier alpha value is 0.230. The lowest BCUT2D eigenvalue weighted by molar-refractivity contribution is 0.0227. The van der Waals surface area contributed by atoms with E-state index >= 15 is 0 Å². The fourth-order valence-electron chi connectivity index (χ4n) is 2.48. The first kappa shape index (κ1) is 15.3. The summed E-state index contributed by atoms with van der Waals surface area (Å²) in [6, 6.07) is 0.238. The molecule has 0 aromatic carbocycles. The smallest absolute Gasteiger partial charge is 0.0771 e. The fourth-order valence-corrected chi connectivity index (χ4v) is 3.14. The molecule has 1 fully saturated rings. The zero-order chi connectivity index (χ0) is 12.7. The number of hydrogen-bond acceptors (Lipinski definition) is 4. The zero-order valence-electron chi connectivity index (χ0n) is 11.1. The molecular formula is C13H27NO2S. The molecule has 1 rings (SSSR count). The van der Waals surface area contributed by atoms with Gasteiger partial charge in [0.05, 0.1) is 12.2 Å². The van der Waals surface area contributed by atoms with Gasteiger partial charge in [0.2, 0.25) is 0 Å². The van der Waals surface area contributed by atoms with Crippen LogP contribution in [0.25, 0.3) is 0 Å². The number of aliphatic hydroxyl groups excluding tert-OH is 1. The number of thioether (sulfide) groups is 1. The summed E-state index contributed by atoms with van der Waals surface area (Å²) in [5, 5.41) is 23.3. The zero-order valence-corrected chi connectivity index (χ0v) is 11.9. The van der Waals surface area contributed by atoms with E-state index in [0.29, 0.717) is 6.54 Å². The van der Waals surface area contributed by atoms with Gasteiger partial charge in [-0.25, -0.2) is 0 Å². The Kier molecular flexibility index (Phi) is 6.85. The highest BCUT2D eigenvalue weighted by molar-refractivity contribution is 7.99. The third kappa shape index (κ3) is 5.16. The molecule has 0 bridgehead atoms. The second-order valence-corrected chi connectivity index (χ2v) is 6.34. The number of nitrogens with one attached hydrogen (secondary N) is 1. The van der Waals surface area contributed by atoms with Crippen LogP contribution in [0.15, 0.2) is 0 Å². The van der Waals surface area contributed by atoms with Crippen LogP contribution in [0, 0.1) is 0 Å². The lowest BCUT2D eigenvalue weighted by Crippen LogP contribution is -2.47. The first-order valence-electron chi connectivity index (χ1n) is 6.71. The normalized spacial score (nSPS) is 24.0. The van der Waals surface area contributed by atoms with Crippen LogP contribution in [0.1, 0.15) is 45.4 Å². The molecule has 1 aliphatic carbocycles. The molecule has 0 aromatic heterocycles. The molecule has 3 N–H and O–H groups in total. The van der Waals surface area contributed by atoms with Crippen LogP contribution in [0.2, 0.25) is 0 Å². The monoisotopic (exact) mass is 261 g/mol. The second-order valence-electron chi connectivity index (χ2n) is 5.26. The molecule has 0 saturated heterocycles. The molecule has 0 radical (unpaired) electrons. The van der Waals surface area contributed by atoms with Gasteiger partial charge in [0, 0.05) is 17.8 Å². The van der Waals surface area contributed by atoms with Gasteiger partial charge in [-0.2, -0.15) is 11.8 Å². The average molecular weight is 261 g/mol. The van der Waals surface area contributed by atoms with Crippen molar-refractivity contribution in [1.82, 2.24) is 5.32 Å². The Morgan fingerprint density at radius 2 is 1.82 bits per heavy atom. The number of hydrogen-bond donors (Lipinski definition) is 3. The minimum atomic E-state index is -0.525. The number of rotatable bonds is 6. The molecule has 1 aliphatic rings. The molecule has 4 heteroatoms. The van der Waals surface area contributed by atoms with Gasteiger partial charge in [-0.15, -0.1) is 0 Å². The Balaban J connectivity index is 2.36. The van der Waals surface area contributed by atoms with Crippen molar-refractivity contribution in [3.63, 3.8) is 0 Å². The SMILES string of the molecule is CSC(CO)C(C)NCC1(O)CCCCCC1. The summed E-state index contributed by atoms with van der Waals surface area (Å²) in [6.07, 6.45) is 8.62. The summed E-state index contributed by atoms with van der Waals surface area (Å²) in [4.78, 5) is 0. The van der Waals surface area contributed by atoms with Gasteiger partial charge in [-0.3, -0.25) is 0 Å². The van der Waals surface area contributed by atoms with Gasteiger partial charge in [0.25, 0.3) is 0 Å². The van der Waals surface area contributed by atoms with Crippen LogP contribution in [0.3, 0.4) is 0 Å². The maximum absolute atomic E-state index is 10.5. The van der Waals surface area contributed by atoms with E-state index in [1.54, 1.807) is 11.8 Å². The van der Waals surface area contributed by atoms with E-state index < -0.39 is 5.60 Å². The van der Waals surface area contributed by atoms with Crippen molar-refractivity contribution in [2.45, 2.75) is 62.3 Å². The van der Waals surface area contributed by atoms with Crippen molar-refractivity contribution >= 4 is 11.8 Å². The summed E-state index contributed by atoms with van der Waals surface area (Å²) in [5.41, 5.74) is -0.525. The van der Waals surface area contributed by atoms with Crippen molar-refractivity contribution in [1.29, 1.82) is 0 Å². The molecule has 0 heterocycles. The van der Waals surface area contributed by atoms with Crippen molar-refractivity contribution in [3.05, 3.63) is 0 Å². The quantitative estimate of drug-likeness (QED) is 0.638. The molecule has 3 nitrogen and oxygen atoms in total. The third-order valence-electron chi connectivity index (χ3n) is 3.83. The van der Waals surface area contributed by atoms with E-state index in [1.807, 2.05) is 6.26 Å². The van der Waals surface area contributed by atoms with Crippen LogP contribution in [0.4, 0.5) is 0 Å². The topological polar surface area (TPSA) is 52.5 Å². The van der Waals surface area contributed by atoms with Crippen molar-refractivity contribution in [3.8, 4) is 0 Å². The van der Waals surface area contributed by atoms with Crippen LogP contribution in [-0.2, 0) is 0 Å².